The molecule has 0 radical (unpaired) electrons. The Bertz CT molecular complexity index is 912. The van der Waals surface area contributed by atoms with Gasteiger partial charge < -0.3 is 5.32 Å². The second-order valence-electron chi connectivity index (χ2n) is 5.69. The van der Waals surface area contributed by atoms with Crippen LogP contribution in [0.1, 0.15) is 25.5 Å². The molecule has 0 bridgehead atoms. The van der Waals surface area contributed by atoms with Crippen molar-refractivity contribution in [1.82, 2.24) is 14.7 Å². The number of rotatable bonds is 5. The minimum Gasteiger partial charge on any atom is -0.349 e. The summed E-state index contributed by atoms with van der Waals surface area (Å²) in [6.45, 7) is 3.76. The highest BCUT2D eigenvalue weighted by molar-refractivity contribution is 8.00. The fourth-order valence-corrected chi connectivity index (χ4v) is 3.94. The van der Waals surface area contributed by atoms with Crippen molar-refractivity contribution < 1.29 is 4.79 Å². The molecule has 130 valence electrons. The van der Waals surface area contributed by atoms with E-state index in [4.69, 9.17) is 23.2 Å². The van der Waals surface area contributed by atoms with E-state index < -0.39 is 0 Å². The number of nitrogens with zero attached hydrogens (tertiary/aromatic N) is 2. The Labute approximate surface area is 160 Å². The molecule has 7 heteroatoms. The number of amides is 1. The third-order valence-corrected chi connectivity index (χ3v) is 5.49. The number of carbonyl (C=O) groups is 1. The summed E-state index contributed by atoms with van der Waals surface area (Å²) >= 11 is 13.6. The van der Waals surface area contributed by atoms with Gasteiger partial charge in [0.2, 0.25) is 5.91 Å². The van der Waals surface area contributed by atoms with E-state index >= 15 is 0 Å². The smallest absolute Gasteiger partial charge is 0.233 e. The largest absolute Gasteiger partial charge is 0.349 e. The maximum absolute atomic E-state index is 12.5. The zero-order valence-corrected chi connectivity index (χ0v) is 16.1. The minimum atomic E-state index is -0.292. The predicted molar refractivity (Wildman–Crippen MR) is 104 cm³/mol. The Balaban J connectivity index is 1.68. The predicted octanol–water partition coefficient (Wildman–Crippen LogP) is 5.00. The SMILES string of the molecule is CC(Sc1ncc2ccccn12)C(=O)NC(C)c1ccc(Cl)cc1Cl. The number of hydrogen-bond donors (Lipinski definition) is 1. The van der Waals surface area contributed by atoms with Crippen LogP contribution in [0.25, 0.3) is 5.52 Å². The summed E-state index contributed by atoms with van der Waals surface area (Å²) in [5, 5.41) is 4.60. The molecule has 1 aromatic carbocycles. The molecule has 4 nitrogen and oxygen atoms in total. The minimum absolute atomic E-state index is 0.0730. The van der Waals surface area contributed by atoms with Gasteiger partial charge in [-0.1, -0.05) is 47.1 Å². The number of halogens is 2. The molecule has 0 aliphatic carbocycles. The maximum atomic E-state index is 12.5. The van der Waals surface area contributed by atoms with Crippen LogP contribution < -0.4 is 5.32 Å². The number of aromatic nitrogens is 2. The summed E-state index contributed by atoms with van der Waals surface area (Å²) < 4.78 is 1.97. The highest BCUT2D eigenvalue weighted by Crippen LogP contribution is 2.27. The van der Waals surface area contributed by atoms with Gasteiger partial charge in [-0.15, -0.1) is 0 Å². The van der Waals surface area contributed by atoms with E-state index in [1.165, 1.54) is 11.8 Å². The normalized spacial score (nSPS) is 13.6. The Kier molecular flexibility index (Phi) is 5.57. The quantitative estimate of drug-likeness (QED) is 0.620. The van der Waals surface area contributed by atoms with E-state index in [0.717, 1.165) is 16.2 Å². The van der Waals surface area contributed by atoms with Crippen molar-refractivity contribution in [3.8, 4) is 0 Å². The number of hydrogen-bond acceptors (Lipinski definition) is 3. The Morgan fingerprint density at radius 2 is 2.04 bits per heavy atom. The Morgan fingerprint density at radius 3 is 2.80 bits per heavy atom. The fraction of sp³-hybridized carbons (Fsp3) is 0.222. The lowest BCUT2D eigenvalue weighted by molar-refractivity contribution is -0.120. The van der Waals surface area contributed by atoms with Crippen LogP contribution in [0, 0.1) is 0 Å². The summed E-state index contributed by atoms with van der Waals surface area (Å²) in [4.78, 5) is 16.9. The van der Waals surface area contributed by atoms with E-state index in [1.807, 2.05) is 48.7 Å². The number of pyridine rings is 1. The first kappa shape index (κ1) is 18.1. The molecule has 0 saturated carbocycles. The molecule has 2 atom stereocenters. The van der Waals surface area contributed by atoms with Crippen LogP contribution in [0.15, 0.2) is 53.9 Å². The number of thioether (sulfide) groups is 1. The molecule has 0 aliphatic rings. The Hall–Kier alpha value is -1.69. The third kappa shape index (κ3) is 4.11. The van der Waals surface area contributed by atoms with Gasteiger partial charge in [-0.2, -0.15) is 0 Å². The molecule has 3 aromatic rings. The second-order valence-corrected chi connectivity index (χ2v) is 7.84. The van der Waals surface area contributed by atoms with Crippen LogP contribution in [0.2, 0.25) is 10.0 Å². The van der Waals surface area contributed by atoms with Crippen LogP contribution in [0.4, 0.5) is 0 Å². The molecule has 0 aliphatic heterocycles. The molecule has 1 amide bonds. The van der Waals surface area contributed by atoms with Gasteiger partial charge in [0, 0.05) is 16.2 Å². The third-order valence-electron chi connectivity index (χ3n) is 3.84. The van der Waals surface area contributed by atoms with Gasteiger partial charge >= 0.3 is 0 Å². The summed E-state index contributed by atoms with van der Waals surface area (Å²) in [5.74, 6) is -0.0730. The molecule has 2 heterocycles. The fourth-order valence-electron chi connectivity index (χ4n) is 2.48. The monoisotopic (exact) mass is 393 g/mol. The zero-order chi connectivity index (χ0) is 18.0. The highest BCUT2D eigenvalue weighted by Gasteiger charge is 2.20. The highest BCUT2D eigenvalue weighted by atomic mass is 35.5. The first-order chi connectivity index (χ1) is 12.0. The molecule has 0 fully saturated rings. The average Bonchev–Trinajstić information content (AvgIpc) is 2.97. The van der Waals surface area contributed by atoms with Crippen molar-refractivity contribution in [2.24, 2.45) is 0 Å². The van der Waals surface area contributed by atoms with E-state index in [0.29, 0.717) is 10.0 Å². The van der Waals surface area contributed by atoms with Crippen molar-refractivity contribution in [3.05, 3.63) is 64.4 Å². The summed E-state index contributed by atoms with van der Waals surface area (Å²) in [6.07, 6.45) is 3.73. The molecule has 1 N–H and O–H groups in total. The van der Waals surface area contributed by atoms with Crippen molar-refractivity contribution in [2.45, 2.75) is 30.3 Å². The van der Waals surface area contributed by atoms with Crippen LogP contribution in [0.3, 0.4) is 0 Å². The van der Waals surface area contributed by atoms with E-state index in [2.05, 4.69) is 10.3 Å². The van der Waals surface area contributed by atoms with Crippen LogP contribution in [0.5, 0.6) is 0 Å². The van der Waals surface area contributed by atoms with E-state index in [-0.39, 0.29) is 17.2 Å². The van der Waals surface area contributed by atoms with Crippen molar-refractivity contribution >= 4 is 46.4 Å². The van der Waals surface area contributed by atoms with Gasteiger partial charge in [0.25, 0.3) is 0 Å². The summed E-state index contributed by atoms with van der Waals surface area (Å²) in [6, 6.07) is 10.9. The number of nitrogens with one attached hydrogen (secondary N) is 1. The van der Waals surface area contributed by atoms with Gasteiger partial charge in [-0.3, -0.25) is 9.20 Å². The van der Waals surface area contributed by atoms with Gasteiger partial charge in [0.05, 0.1) is 23.0 Å². The van der Waals surface area contributed by atoms with Crippen LogP contribution in [-0.2, 0) is 4.79 Å². The number of imidazole rings is 1. The molecule has 3 rings (SSSR count). The maximum Gasteiger partial charge on any atom is 0.233 e. The molecular formula is C18H17Cl2N3OS. The summed E-state index contributed by atoms with van der Waals surface area (Å²) in [5.41, 5.74) is 1.83. The topological polar surface area (TPSA) is 46.4 Å². The van der Waals surface area contributed by atoms with Crippen molar-refractivity contribution in [3.63, 3.8) is 0 Å². The molecule has 0 spiro atoms. The van der Waals surface area contributed by atoms with Gasteiger partial charge in [-0.05, 0) is 43.7 Å². The lowest BCUT2D eigenvalue weighted by Gasteiger charge is -2.18. The lowest BCUT2D eigenvalue weighted by Crippen LogP contribution is -2.33. The van der Waals surface area contributed by atoms with Gasteiger partial charge in [0.15, 0.2) is 5.16 Å². The summed E-state index contributed by atoms with van der Waals surface area (Å²) in [7, 11) is 0. The van der Waals surface area contributed by atoms with Crippen LogP contribution in [-0.4, -0.2) is 20.5 Å². The van der Waals surface area contributed by atoms with Crippen LogP contribution >= 0.6 is 35.0 Å². The zero-order valence-electron chi connectivity index (χ0n) is 13.7. The molecule has 0 saturated heterocycles. The van der Waals surface area contributed by atoms with Crippen molar-refractivity contribution in [2.75, 3.05) is 0 Å². The number of carbonyl (C=O) groups excluding carboxylic acids is 1. The lowest BCUT2D eigenvalue weighted by atomic mass is 10.1. The first-order valence-corrected chi connectivity index (χ1v) is 9.43. The average molecular weight is 394 g/mol. The van der Waals surface area contributed by atoms with Gasteiger partial charge in [-0.25, -0.2) is 4.98 Å². The Morgan fingerprint density at radius 1 is 1.24 bits per heavy atom. The number of benzene rings is 1. The van der Waals surface area contributed by atoms with E-state index in [1.54, 1.807) is 18.3 Å². The molecular weight excluding hydrogens is 377 g/mol. The van der Waals surface area contributed by atoms with Crippen molar-refractivity contribution in [1.29, 1.82) is 0 Å². The standard InChI is InChI=1S/C18H17Cl2N3OS/c1-11(15-7-6-13(19)9-16(15)20)22-17(24)12(2)25-18-21-10-14-5-3-4-8-23(14)18/h3-12H,1-2H3,(H,22,24). The number of fused-ring (bicyclic) bond motifs is 1. The molecule has 2 unspecified atom stereocenters. The van der Waals surface area contributed by atoms with Gasteiger partial charge in [0.1, 0.15) is 0 Å². The second kappa shape index (κ2) is 7.68. The van der Waals surface area contributed by atoms with E-state index in [9.17, 15) is 4.79 Å². The first-order valence-electron chi connectivity index (χ1n) is 7.80. The molecule has 25 heavy (non-hydrogen) atoms. The molecule has 2 aromatic heterocycles.